The molecule has 194 valence electrons. The predicted molar refractivity (Wildman–Crippen MR) is 133 cm³/mol. The first-order chi connectivity index (χ1) is 17.6. The number of benzene rings is 2. The third-order valence-corrected chi connectivity index (χ3v) is 7.07. The van der Waals surface area contributed by atoms with Crippen molar-refractivity contribution in [2.24, 2.45) is 0 Å². The number of nitrogens with zero attached hydrogens (tertiary/aromatic N) is 1. The maximum atomic E-state index is 13.9. The van der Waals surface area contributed by atoms with Gasteiger partial charge < -0.3 is 24.3 Å². The Morgan fingerprint density at radius 2 is 1.92 bits per heavy atom. The van der Waals surface area contributed by atoms with E-state index in [1.54, 1.807) is 12.1 Å². The summed E-state index contributed by atoms with van der Waals surface area (Å²) in [5, 5.41) is 3.20. The normalized spacial score (nSPS) is 20.4. The van der Waals surface area contributed by atoms with Crippen LogP contribution in [-0.4, -0.2) is 55.5 Å². The molecule has 0 bridgehead atoms. The van der Waals surface area contributed by atoms with Crippen LogP contribution in [0.3, 0.4) is 0 Å². The minimum atomic E-state index is -0.788. The highest BCUT2D eigenvalue weighted by atomic mass is 19.1. The third-order valence-electron chi connectivity index (χ3n) is 7.07. The van der Waals surface area contributed by atoms with Crippen molar-refractivity contribution in [2.45, 2.75) is 69.7 Å². The van der Waals surface area contributed by atoms with Gasteiger partial charge in [0.2, 0.25) is 6.79 Å². The van der Waals surface area contributed by atoms with Gasteiger partial charge in [-0.05, 0) is 55.5 Å². The van der Waals surface area contributed by atoms with Gasteiger partial charge in [0.15, 0.2) is 17.6 Å². The third kappa shape index (κ3) is 6.68. The van der Waals surface area contributed by atoms with Crippen molar-refractivity contribution in [3.05, 3.63) is 53.8 Å². The van der Waals surface area contributed by atoms with E-state index in [0.29, 0.717) is 25.4 Å². The summed E-state index contributed by atoms with van der Waals surface area (Å²) in [6.45, 7) is 2.60. The van der Waals surface area contributed by atoms with E-state index >= 15 is 0 Å². The Labute approximate surface area is 211 Å². The first-order valence-corrected chi connectivity index (χ1v) is 13.1. The topological polar surface area (TPSA) is 69.3 Å². The highest BCUT2D eigenvalue weighted by molar-refractivity contribution is 5.81. The first kappa shape index (κ1) is 24.8. The molecule has 2 unspecified atom stereocenters. The summed E-state index contributed by atoms with van der Waals surface area (Å²) in [5.74, 6) is 1.26. The van der Waals surface area contributed by atoms with E-state index in [4.69, 9.17) is 18.9 Å². The molecule has 2 heterocycles. The van der Waals surface area contributed by atoms with Gasteiger partial charge in [0.1, 0.15) is 11.6 Å². The van der Waals surface area contributed by atoms with Crippen LogP contribution in [0.15, 0.2) is 42.5 Å². The zero-order valence-electron chi connectivity index (χ0n) is 20.6. The van der Waals surface area contributed by atoms with Crippen molar-refractivity contribution in [3.63, 3.8) is 0 Å². The van der Waals surface area contributed by atoms with Gasteiger partial charge in [-0.25, -0.2) is 4.39 Å². The molecule has 7 nitrogen and oxygen atoms in total. The van der Waals surface area contributed by atoms with Gasteiger partial charge in [-0.3, -0.25) is 9.69 Å². The molecule has 1 aliphatic carbocycles. The standard InChI is InChI=1S/C28H35FN2O5/c29-21-6-4-9-23(15-21)36-27(28(32)30-22-7-2-1-3-8-22)18-31(17-24-10-5-13-33-24)16-20-11-12-25-26(14-20)35-19-34-25/h4,6,9,11-12,14-15,22,24,27H,1-3,5,7-8,10,13,16-19H2,(H,30,32). The molecule has 1 N–H and O–H groups in total. The second kappa shape index (κ2) is 11.9. The fourth-order valence-electron chi connectivity index (χ4n) is 5.23. The minimum absolute atomic E-state index is 0.107. The molecule has 0 aromatic heterocycles. The van der Waals surface area contributed by atoms with Crippen molar-refractivity contribution in [3.8, 4) is 17.2 Å². The Kier molecular flexibility index (Phi) is 8.23. The zero-order valence-corrected chi connectivity index (χ0v) is 20.6. The summed E-state index contributed by atoms with van der Waals surface area (Å²) in [6, 6.07) is 12.0. The van der Waals surface area contributed by atoms with Gasteiger partial charge in [0.25, 0.3) is 5.91 Å². The number of hydrogen-bond donors (Lipinski definition) is 1. The van der Waals surface area contributed by atoms with Crippen molar-refractivity contribution >= 4 is 5.91 Å². The number of ether oxygens (including phenoxy) is 4. The van der Waals surface area contributed by atoms with Crippen LogP contribution in [0.4, 0.5) is 4.39 Å². The largest absolute Gasteiger partial charge is 0.479 e. The molecule has 5 rings (SSSR count). The van der Waals surface area contributed by atoms with Crippen molar-refractivity contribution in [1.29, 1.82) is 0 Å². The van der Waals surface area contributed by atoms with Crippen LogP contribution in [0.1, 0.15) is 50.5 Å². The van der Waals surface area contributed by atoms with Gasteiger partial charge >= 0.3 is 0 Å². The second-order valence-corrected chi connectivity index (χ2v) is 9.92. The summed E-state index contributed by atoms with van der Waals surface area (Å²) >= 11 is 0. The summed E-state index contributed by atoms with van der Waals surface area (Å²) in [7, 11) is 0. The van der Waals surface area contributed by atoms with Crippen LogP contribution in [-0.2, 0) is 16.1 Å². The summed E-state index contributed by atoms with van der Waals surface area (Å²) in [6.07, 6.45) is 6.75. The molecule has 2 aromatic rings. The maximum absolute atomic E-state index is 13.9. The second-order valence-electron chi connectivity index (χ2n) is 9.92. The molecule has 1 saturated heterocycles. The molecule has 2 fully saturated rings. The van der Waals surface area contributed by atoms with Crippen LogP contribution in [0.25, 0.3) is 0 Å². The smallest absolute Gasteiger partial charge is 0.262 e. The van der Waals surface area contributed by atoms with Gasteiger partial charge in [0.05, 0.1) is 6.10 Å². The fraction of sp³-hybridized carbons (Fsp3) is 0.536. The Bertz CT molecular complexity index is 1020. The van der Waals surface area contributed by atoms with E-state index in [2.05, 4.69) is 10.2 Å². The van der Waals surface area contributed by atoms with E-state index < -0.39 is 11.9 Å². The number of rotatable bonds is 10. The molecule has 1 amide bonds. The van der Waals surface area contributed by atoms with Gasteiger partial charge in [-0.2, -0.15) is 0 Å². The van der Waals surface area contributed by atoms with E-state index in [1.807, 2.05) is 18.2 Å². The molecule has 8 heteroatoms. The fourth-order valence-corrected chi connectivity index (χ4v) is 5.23. The number of hydrogen-bond acceptors (Lipinski definition) is 6. The SMILES string of the molecule is O=C(NC1CCCCC1)C(CN(Cc1ccc2c(c1)OCO2)CC1CCCO1)Oc1cccc(F)c1. The molecule has 2 atom stereocenters. The summed E-state index contributed by atoms with van der Waals surface area (Å²) in [4.78, 5) is 15.6. The number of carbonyl (C=O) groups is 1. The van der Waals surface area contributed by atoms with Crippen LogP contribution >= 0.6 is 0 Å². The lowest BCUT2D eigenvalue weighted by Crippen LogP contribution is -2.50. The minimum Gasteiger partial charge on any atom is -0.479 e. The molecular weight excluding hydrogens is 463 g/mol. The van der Waals surface area contributed by atoms with Crippen LogP contribution < -0.4 is 19.5 Å². The van der Waals surface area contributed by atoms with Gasteiger partial charge in [-0.1, -0.05) is 31.4 Å². The van der Waals surface area contributed by atoms with Crippen molar-refractivity contribution < 1.29 is 28.1 Å². The molecular formula is C28H35FN2O5. The number of halogens is 1. The van der Waals surface area contributed by atoms with Gasteiger partial charge in [0, 0.05) is 38.3 Å². The Hall–Kier alpha value is -2.84. The molecule has 36 heavy (non-hydrogen) atoms. The summed E-state index contributed by atoms with van der Waals surface area (Å²) < 4.78 is 36.9. The Morgan fingerprint density at radius 3 is 2.72 bits per heavy atom. The maximum Gasteiger partial charge on any atom is 0.262 e. The van der Waals surface area contributed by atoms with E-state index in [9.17, 15) is 9.18 Å². The highest BCUT2D eigenvalue weighted by Gasteiger charge is 2.29. The predicted octanol–water partition coefficient (Wildman–Crippen LogP) is 4.43. The number of fused-ring (bicyclic) bond motifs is 1. The number of carbonyl (C=O) groups excluding carboxylic acids is 1. The van der Waals surface area contributed by atoms with E-state index in [-0.39, 0.29) is 24.8 Å². The summed E-state index contributed by atoms with van der Waals surface area (Å²) in [5.41, 5.74) is 1.05. The quantitative estimate of drug-likeness (QED) is 0.523. The monoisotopic (exact) mass is 498 g/mol. The van der Waals surface area contributed by atoms with E-state index in [1.165, 1.54) is 18.6 Å². The molecule has 0 spiro atoms. The zero-order chi connectivity index (χ0) is 24.7. The molecule has 3 aliphatic rings. The van der Waals surface area contributed by atoms with Crippen molar-refractivity contribution in [2.75, 3.05) is 26.5 Å². The highest BCUT2D eigenvalue weighted by Crippen LogP contribution is 2.33. The number of nitrogens with one attached hydrogen (secondary N) is 1. The lowest BCUT2D eigenvalue weighted by molar-refractivity contribution is -0.130. The first-order valence-electron chi connectivity index (χ1n) is 13.1. The van der Waals surface area contributed by atoms with E-state index in [0.717, 1.165) is 62.2 Å². The lowest BCUT2D eigenvalue weighted by Gasteiger charge is -2.31. The van der Waals surface area contributed by atoms with Gasteiger partial charge in [-0.15, -0.1) is 0 Å². The van der Waals surface area contributed by atoms with Crippen LogP contribution in [0, 0.1) is 5.82 Å². The number of amides is 1. The average molecular weight is 499 g/mol. The van der Waals surface area contributed by atoms with Crippen molar-refractivity contribution in [1.82, 2.24) is 10.2 Å². The Balaban J connectivity index is 1.34. The molecule has 1 saturated carbocycles. The van der Waals surface area contributed by atoms with Crippen LogP contribution in [0.2, 0.25) is 0 Å². The van der Waals surface area contributed by atoms with Crippen LogP contribution in [0.5, 0.6) is 17.2 Å². The average Bonchev–Trinajstić information content (AvgIpc) is 3.56. The Morgan fingerprint density at radius 1 is 1.06 bits per heavy atom. The lowest BCUT2D eigenvalue weighted by atomic mass is 9.95. The molecule has 2 aliphatic heterocycles. The molecule has 2 aromatic carbocycles. The molecule has 0 radical (unpaired) electrons.